The fraction of sp³-hybridized carbons (Fsp3) is 1.00. The van der Waals surface area contributed by atoms with E-state index in [2.05, 4.69) is 0 Å². The van der Waals surface area contributed by atoms with Gasteiger partial charge in [0.2, 0.25) is 0 Å². The van der Waals surface area contributed by atoms with Crippen LogP contribution in [0.5, 0.6) is 0 Å². The van der Waals surface area contributed by atoms with E-state index in [0.29, 0.717) is 0 Å². The fourth-order valence-corrected chi connectivity index (χ4v) is 2.91. The Kier molecular flexibility index (Phi) is 4.46. The lowest BCUT2D eigenvalue weighted by molar-refractivity contribution is -0.315. The molecule has 0 spiro atoms. The summed E-state index contributed by atoms with van der Waals surface area (Å²) in [6.07, 6.45) is -8.90. The molecule has 9 atom stereocenters. The molecule has 21 heavy (non-hydrogen) atoms. The van der Waals surface area contributed by atoms with Gasteiger partial charge in [0.15, 0.2) is 6.29 Å². The second-order valence-electron chi connectivity index (χ2n) is 5.54. The summed E-state index contributed by atoms with van der Waals surface area (Å²) in [7, 11) is 0. The summed E-state index contributed by atoms with van der Waals surface area (Å²) in [5, 5.41) is 48.0. The average molecular weight is 308 g/mol. The molecule has 3 aliphatic rings. The minimum absolute atomic E-state index is 0.143. The molecule has 3 fully saturated rings. The van der Waals surface area contributed by atoms with Crippen molar-refractivity contribution in [3.05, 3.63) is 0 Å². The predicted molar refractivity (Wildman–Crippen MR) is 64.1 cm³/mol. The lowest BCUT2D eigenvalue weighted by atomic mass is 9.99. The highest BCUT2D eigenvalue weighted by Crippen LogP contribution is 2.31. The second kappa shape index (κ2) is 6.03. The van der Waals surface area contributed by atoms with Crippen molar-refractivity contribution in [3.63, 3.8) is 0 Å². The molecule has 0 saturated carbocycles. The van der Waals surface area contributed by atoms with E-state index in [0.717, 1.165) is 0 Å². The van der Waals surface area contributed by atoms with Gasteiger partial charge in [-0.25, -0.2) is 0 Å². The molecule has 9 nitrogen and oxygen atoms in total. The average Bonchev–Trinajstić information content (AvgIpc) is 3.04. The molecule has 0 bridgehead atoms. The fourth-order valence-electron chi connectivity index (χ4n) is 2.91. The second-order valence-corrected chi connectivity index (χ2v) is 5.54. The summed E-state index contributed by atoms with van der Waals surface area (Å²) in [6, 6.07) is 0. The topological polar surface area (TPSA) is 138 Å². The quantitative estimate of drug-likeness (QED) is 0.357. The van der Waals surface area contributed by atoms with Crippen LogP contribution in [0.4, 0.5) is 0 Å². The van der Waals surface area contributed by atoms with Crippen molar-refractivity contribution in [2.24, 2.45) is 0 Å². The SMILES string of the molecule is OC[C@H]1OC(O[C@H]2CO[C@H]3[C@@H]2OC[C@H]3O)[C@@H](O)[C@@H](O)[C@@H]1O. The number of aliphatic hydroxyl groups is 5. The molecular formula is C12H20O9. The third-order valence-corrected chi connectivity index (χ3v) is 4.14. The van der Waals surface area contributed by atoms with Crippen molar-refractivity contribution in [2.75, 3.05) is 19.8 Å². The highest BCUT2D eigenvalue weighted by Gasteiger charge is 2.51. The number of fused-ring (bicyclic) bond motifs is 1. The summed E-state index contributed by atoms with van der Waals surface area (Å²) in [6.45, 7) is -0.224. The van der Waals surface area contributed by atoms with Crippen LogP contribution >= 0.6 is 0 Å². The Labute approximate surface area is 120 Å². The lowest BCUT2D eigenvalue weighted by Gasteiger charge is -2.40. The van der Waals surface area contributed by atoms with E-state index in [9.17, 15) is 20.4 Å². The van der Waals surface area contributed by atoms with Gasteiger partial charge in [-0.2, -0.15) is 0 Å². The Morgan fingerprint density at radius 2 is 1.62 bits per heavy atom. The van der Waals surface area contributed by atoms with Gasteiger partial charge in [0.05, 0.1) is 19.8 Å². The predicted octanol–water partition coefficient (Wildman–Crippen LogP) is -3.67. The Morgan fingerprint density at radius 3 is 2.33 bits per heavy atom. The van der Waals surface area contributed by atoms with Crippen molar-refractivity contribution >= 4 is 0 Å². The molecule has 1 unspecified atom stereocenters. The summed E-state index contributed by atoms with van der Waals surface area (Å²) in [5.41, 5.74) is 0. The van der Waals surface area contributed by atoms with E-state index in [1.807, 2.05) is 0 Å². The van der Waals surface area contributed by atoms with Crippen LogP contribution in [0, 0.1) is 0 Å². The molecular weight excluding hydrogens is 288 g/mol. The molecule has 9 heteroatoms. The monoisotopic (exact) mass is 308 g/mol. The van der Waals surface area contributed by atoms with Gasteiger partial charge in [-0.3, -0.25) is 0 Å². The molecule has 0 aromatic heterocycles. The van der Waals surface area contributed by atoms with Gasteiger partial charge in [0.25, 0.3) is 0 Å². The maximum absolute atomic E-state index is 9.90. The molecule has 3 heterocycles. The first-order valence-corrected chi connectivity index (χ1v) is 6.90. The number of aliphatic hydroxyl groups excluding tert-OH is 5. The van der Waals surface area contributed by atoms with Crippen molar-refractivity contribution in [1.82, 2.24) is 0 Å². The Hall–Kier alpha value is -0.360. The molecule has 0 aliphatic carbocycles. The third kappa shape index (κ3) is 2.69. The summed E-state index contributed by atoms with van der Waals surface area (Å²) in [5.74, 6) is 0. The van der Waals surface area contributed by atoms with Crippen LogP contribution in [-0.2, 0) is 18.9 Å². The highest BCUT2D eigenvalue weighted by molar-refractivity contribution is 4.96. The molecule has 122 valence electrons. The van der Waals surface area contributed by atoms with Gasteiger partial charge in [-0.05, 0) is 0 Å². The standard InChI is InChI=1S/C12H20O9/c13-1-5-7(15)8(16)9(17)12(20-5)21-6-3-19-10-4(14)2-18-11(6)10/h4-17H,1-3H2/t4-,5-,6+,7-,8+,9+,10-,11-,12?/m1/s1. The minimum Gasteiger partial charge on any atom is -0.394 e. The molecule has 3 saturated heterocycles. The van der Waals surface area contributed by atoms with Gasteiger partial charge in [-0.1, -0.05) is 0 Å². The van der Waals surface area contributed by atoms with Crippen molar-refractivity contribution < 1.29 is 44.5 Å². The maximum atomic E-state index is 9.90. The van der Waals surface area contributed by atoms with E-state index < -0.39 is 61.7 Å². The van der Waals surface area contributed by atoms with E-state index in [1.54, 1.807) is 0 Å². The van der Waals surface area contributed by atoms with Gasteiger partial charge >= 0.3 is 0 Å². The van der Waals surface area contributed by atoms with E-state index in [4.69, 9.17) is 24.1 Å². The zero-order valence-electron chi connectivity index (χ0n) is 11.2. The van der Waals surface area contributed by atoms with Crippen LogP contribution in [0.3, 0.4) is 0 Å². The highest BCUT2D eigenvalue weighted by atomic mass is 16.7. The van der Waals surface area contributed by atoms with Gasteiger partial charge < -0.3 is 44.5 Å². The zero-order valence-corrected chi connectivity index (χ0v) is 11.2. The molecule has 3 rings (SSSR count). The molecule has 5 N–H and O–H groups in total. The van der Waals surface area contributed by atoms with Crippen LogP contribution in [0.1, 0.15) is 0 Å². The lowest BCUT2D eigenvalue weighted by Crippen LogP contribution is -2.60. The van der Waals surface area contributed by atoms with E-state index >= 15 is 0 Å². The van der Waals surface area contributed by atoms with Crippen LogP contribution in [0.15, 0.2) is 0 Å². The minimum atomic E-state index is -1.49. The number of ether oxygens (including phenoxy) is 4. The summed E-state index contributed by atoms with van der Waals surface area (Å²) >= 11 is 0. The summed E-state index contributed by atoms with van der Waals surface area (Å²) < 4.78 is 21.6. The Morgan fingerprint density at radius 1 is 0.905 bits per heavy atom. The van der Waals surface area contributed by atoms with Crippen molar-refractivity contribution in [2.45, 2.75) is 55.1 Å². The number of hydrogen-bond donors (Lipinski definition) is 5. The van der Waals surface area contributed by atoms with Crippen molar-refractivity contribution in [1.29, 1.82) is 0 Å². The molecule has 0 radical (unpaired) electrons. The first-order chi connectivity index (χ1) is 10.0. The van der Waals surface area contributed by atoms with Gasteiger partial charge in [-0.15, -0.1) is 0 Å². The van der Waals surface area contributed by atoms with E-state index in [1.165, 1.54) is 0 Å². The van der Waals surface area contributed by atoms with Crippen molar-refractivity contribution in [3.8, 4) is 0 Å². The third-order valence-electron chi connectivity index (χ3n) is 4.14. The first-order valence-electron chi connectivity index (χ1n) is 6.90. The number of hydrogen-bond acceptors (Lipinski definition) is 9. The zero-order chi connectivity index (χ0) is 15.1. The van der Waals surface area contributed by atoms with Crippen LogP contribution in [0.25, 0.3) is 0 Å². The van der Waals surface area contributed by atoms with Gasteiger partial charge in [0.1, 0.15) is 48.8 Å². The Balaban J connectivity index is 1.64. The summed E-state index contributed by atoms with van der Waals surface area (Å²) in [4.78, 5) is 0. The van der Waals surface area contributed by atoms with Gasteiger partial charge in [0, 0.05) is 0 Å². The Bertz CT molecular complexity index is 365. The molecule has 0 aromatic rings. The molecule has 3 aliphatic heterocycles. The largest absolute Gasteiger partial charge is 0.394 e. The molecule has 0 aromatic carbocycles. The first kappa shape index (κ1) is 15.5. The normalized spacial score (nSPS) is 53.9. The van der Waals surface area contributed by atoms with Crippen LogP contribution in [-0.4, -0.2) is 100 Å². The maximum Gasteiger partial charge on any atom is 0.187 e. The molecule has 0 amide bonds. The van der Waals surface area contributed by atoms with E-state index in [-0.39, 0.29) is 13.2 Å². The van der Waals surface area contributed by atoms with Crippen LogP contribution in [0.2, 0.25) is 0 Å². The smallest absolute Gasteiger partial charge is 0.187 e. The number of rotatable bonds is 3. The van der Waals surface area contributed by atoms with Crippen LogP contribution < -0.4 is 0 Å².